The van der Waals surface area contributed by atoms with Crippen molar-refractivity contribution in [1.82, 2.24) is 0 Å². The quantitative estimate of drug-likeness (QED) is 0.862. The lowest BCUT2D eigenvalue weighted by molar-refractivity contribution is -0.124. The largest absolute Gasteiger partial charge is 0.312 e. The molecule has 2 aliphatic rings. The second-order valence-corrected chi connectivity index (χ2v) is 8.89. The summed E-state index contributed by atoms with van der Waals surface area (Å²) in [4.78, 5) is 14.5. The zero-order chi connectivity index (χ0) is 18.3. The second kappa shape index (κ2) is 6.59. The number of nitrogens with zero attached hydrogens (tertiary/aromatic N) is 1. The van der Waals surface area contributed by atoms with Crippen molar-refractivity contribution in [2.75, 3.05) is 16.2 Å². The molecular weight excluding hydrogens is 372 g/mol. The van der Waals surface area contributed by atoms with Gasteiger partial charge in [0.1, 0.15) is 0 Å². The van der Waals surface area contributed by atoms with Crippen molar-refractivity contribution in [3.8, 4) is 0 Å². The lowest BCUT2D eigenvalue weighted by Gasteiger charge is -2.29. The monoisotopic (exact) mass is 390 g/mol. The molecule has 1 fully saturated rings. The number of hydrogen-bond donors (Lipinski definition) is 1. The van der Waals surface area contributed by atoms with Gasteiger partial charge in [0.25, 0.3) is 10.0 Å². The van der Waals surface area contributed by atoms with Gasteiger partial charge in [-0.3, -0.25) is 9.52 Å². The number of amides is 1. The molecule has 2 aromatic rings. The van der Waals surface area contributed by atoms with Crippen molar-refractivity contribution in [3.63, 3.8) is 0 Å². The van der Waals surface area contributed by atoms with Crippen LogP contribution in [0.2, 0.25) is 5.02 Å². The third-order valence-electron chi connectivity index (χ3n) is 5.07. The number of carbonyl (C=O) groups is 1. The van der Waals surface area contributed by atoms with E-state index in [1.807, 2.05) is 4.90 Å². The average Bonchev–Trinajstić information content (AvgIpc) is 2.98. The second-order valence-electron chi connectivity index (χ2n) is 6.77. The molecule has 0 atom stereocenters. The van der Waals surface area contributed by atoms with Gasteiger partial charge in [0.2, 0.25) is 5.91 Å². The molecular formula is C19H19ClN2O3S. The third kappa shape index (κ3) is 3.19. The van der Waals surface area contributed by atoms with Crippen molar-refractivity contribution in [2.24, 2.45) is 5.92 Å². The van der Waals surface area contributed by atoms with E-state index in [-0.39, 0.29) is 16.7 Å². The molecule has 26 heavy (non-hydrogen) atoms. The van der Waals surface area contributed by atoms with Crippen molar-refractivity contribution < 1.29 is 13.2 Å². The van der Waals surface area contributed by atoms with Crippen LogP contribution in [0.4, 0.5) is 11.4 Å². The fraction of sp³-hybridized carbons (Fsp3) is 0.316. The van der Waals surface area contributed by atoms with E-state index >= 15 is 0 Å². The summed E-state index contributed by atoms with van der Waals surface area (Å²) in [7, 11) is -3.69. The summed E-state index contributed by atoms with van der Waals surface area (Å²) >= 11 is 5.83. The molecule has 5 nitrogen and oxygen atoms in total. The van der Waals surface area contributed by atoms with Crippen LogP contribution in [0.1, 0.15) is 24.8 Å². The lowest BCUT2D eigenvalue weighted by atomic mass is 9.84. The molecule has 136 valence electrons. The van der Waals surface area contributed by atoms with E-state index < -0.39 is 10.0 Å². The first-order valence-electron chi connectivity index (χ1n) is 8.67. The van der Waals surface area contributed by atoms with Crippen LogP contribution < -0.4 is 9.62 Å². The highest BCUT2D eigenvalue weighted by Gasteiger charge is 2.33. The average molecular weight is 391 g/mol. The highest BCUT2D eigenvalue weighted by atomic mass is 35.5. The number of sulfonamides is 1. The molecule has 2 aromatic carbocycles. The van der Waals surface area contributed by atoms with Crippen LogP contribution in [0, 0.1) is 5.92 Å². The van der Waals surface area contributed by atoms with Crippen molar-refractivity contribution in [3.05, 3.63) is 53.1 Å². The first kappa shape index (κ1) is 17.4. The van der Waals surface area contributed by atoms with Crippen LogP contribution >= 0.6 is 11.6 Å². The van der Waals surface area contributed by atoms with Gasteiger partial charge in [0, 0.05) is 28.9 Å². The molecule has 0 bridgehead atoms. The highest BCUT2D eigenvalue weighted by Crippen LogP contribution is 2.35. The summed E-state index contributed by atoms with van der Waals surface area (Å²) in [5, 5.41) is 0.543. The number of halogens is 1. The van der Waals surface area contributed by atoms with Gasteiger partial charge in [-0.05, 0) is 67.3 Å². The van der Waals surface area contributed by atoms with Crippen molar-refractivity contribution in [1.29, 1.82) is 0 Å². The number of carbonyl (C=O) groups excluding carboxylic acids is 1. The Balaban J connectivity index is 1.57. The molecule has 0 unspecified atom stereocenters. The summed E-state index contributed by atoms with van der Waals surface area (Å²) in [6, 6.07) is 11.5. The summed E-state index contributed by atoms with van der Waals surface area (Å²) in [6.45, 7) is 0.624. The van der Waals surface area contributed by atoms with Crippen LogP contribution in [0.15, 0.2) is 47.4 Å². The number of rotatable bonds is 4. The van der Waals surface area contributed by atoms with Crippen LogP contribution in [-0.4, -0.2) is 20.9 Å². The molecule has 1 N–H and O–H groups in total. The number of benzene rings is 2. The summed E-state index contributed by atoms with van der Waals surface area (Å²) < 4.78 is 27.8. The van der Waals surface area contributed by atoms with Crippen LogP contribution in [0.25, 0.3) is 0 Å². The fourth-order valence-electron chi connectivity index (χ4n) is 3.38. The van der Waals surface area contributed by atoms with Gasteiger partial charge in [-0.25, -0.2) is 8.42 Å². The highest BCUT2D eigenvalue weighted by molar-refractivity contribution is 7.92. The Hall–Kier alpha value is -2.05. The Bertz CT molecular complexity index is 953. The maximum atomic E-state index is 12.6. The number of anilines is 2. The molecule has 0 spiro atoms. The molecule has 4 rings (SSSR count). The predicted octanol–water partition coefficient (Wildman–Crippen LogP) is 3.83. The van der Waals surface area contributed by atoms with E-state index in [0.717, 1.165) is 30.5 Å². The Morgan fingerprint density at radius 2 is 1.85 bits per heavy atom. The van der Waals surface area contributed by atoms with E-state index in [0.29, 0.717) is 23.7 Å². The topological polar surface area (TPSA) is 66.5 Å². The standard InChI is InChI=1S/C19H19ClN2O3S/c20-15-4-6-16(7-5-15)21-26(24,25)17-8-9-18-14(12-17)10-11-22(18)19(23)13-2-1-3-13/h4-9,12-13,21H,1-3,10-11H2. The minimum absolute atomic E-state index is 0.135. The SMILES string of the molecule is O=C(C1CCC1)N1CCc2cc(S(=O)(=O)Nc3ccc(Cl)cc3)ccc21. The number of hydrogen-bond acceptors (Lipinski definition) is 3. The lowest BCUT2D eigenvalue weighted by Crippen LogP contribution is -2.37. The predicted molar refractivity (Wildman–Crippen MR) is 102 cm³/mol. The molecule has 1 aliphatic carbocycles. The van der Waals surface area contributed by atoms with Gasteiger partial charge in [-0.2, -0.15) is 0 Å². The van der Waals surface area contributed by atoms with E-state index in [1.54, 1.807) is 42.5 Å². The minimum atomic E-state index is -3.69. The van der Waals surface area contributed by atoms with Crippen molar-refractivity contribution >= 4 is 38.9 Å². The van der Waals surface area contributed by atoms with Gasteiger partial charge in [0.15, 0.2) is 0 Å². The third-order valence-corrected chi connectivity index (χ3v) is 6.70. The zero-order valence-electron chi connectivity index (χ0n) is 14.1. The maximum absolute atomic E-state index is 12.6. The van der Waals surface area contributed by atoms with Crippen LogP contribution in [0.3, 0.4) is 0 Å². The Morgan fingerprint density at radius 3 is 2.50 bits per heavy atom. The number of fused-ring (bicyclic) bond motifs is 1. The van der Waals surface area contributed by atoms with Gasteiger partial charge < -0.3 is 4.90 Å². The van der Waals surface area contributed by atoms with Gasteiger partial charge in [-0.1, -0.05) is 18.0 Å². The minimum Gasteiger partial charge on any atom is -0.312 e. The molecule has 0 aromatic heterocycles. The molecule has 1 aliphatic heterocycles. The Labute approximate surface area is 158 Å². The zero-order valence-corrected chi connectivity index (χ0v) is 15.7. The first-order chi connectivity index (χ1) is 12.4. The molecule has 0 radical (unpaired) electrons. The van der Waals surface area contributed by atoms with E-state index in [1.165, 1.54) is 0 Å². The number of nitrogens with one attached hydrogen (secondary N) is 1. The normalized spacial score (nSPS) is 16.9. The van der Waals surface area contributed by atoms with E-state index in [2.05, 4.69) is 4.72 Å². The Kier molecular flexibility index (Phi) is 4.40. The molecule has 1 heterocycles. The first-order valence-corrected chi connectivity index (χ1v) is 10.5. The Morgan fingerprint density at radius 1 is 1.12 bits per heavy atom. The van der Waals surface area contributed by atoms with Crippen molar-refractivity contribution in [2.45, 2.75) is 30.6 Å². The van der Waals surface area contributed by atoms with E-state index in [4.69, 9.17) is 11.6 Å². The van der Waals surface area contributed by atoms with Gasteiger partial charge >= 0.3 is 0 Å². The summed E-state index contributed by atoms with van der Waals surface area (Å²) in [6.07, 6.45) is 3.72. The fourth-order valence-corrected chi connectivity index (χ4v) is 4.62. The molecule has 0 saturated heterocycles. The van der Waals surface area contributed by atoms with Gasteiger partial charge in [-0.15, -0.1) is 0 Å². The van der Waals surface area contributed by atoms with Crippen LogP contribution in [0.5, 0.6) is 0 Å². The molecule has 1 saturated carbocycles. The maximum Gasteiger partial charge on any atom is 0.261 e. The van der Waals surface area contributed by atoms with E-state index in [9.17, 15) is 13.2 Å². The molecule has 7 heteroatoms. The summed E-state index contributed by atoms with van der Waals surface area (Å²) in [5.41, 5.74) is 2.20. The smallest absolute Gasteiger partial charge is 0.261 e. The molecule has 1 amide bonds. The van der Waals surface area contributed by atoms with Gasteiger partial charge in [0.05, 0.1) is 4.90 Å². The summed E-state index contributed by atoms with van der Waals surface area (Å²) in [5.74, 6) is 0.306. The van der Waals surface area contributed by atoms with Crippen LogP contribution in [-0.2, 0) is 21.2 Å².